The van der Waals surface area contributed by atoms with E-state index in [4.69, 9.17) is 9.84 Å². The van der Waals surface area contributed by atoms with Gasteiger partial charge in [-0.05, 0) is 28.1 Å². The van der Waals surface area contributed by atoms with Crippen LogP contribution in [0.2, 0.25) is 0 Å². The number of ether oxygens (including phenoxy) is 1. The molecule has 0 aliphatic carbocycles. The number of hydrogen-bond donors (Lipinski definition) is 1. The van der Waals surface area contributed by atoms with E-state index in [9.17, 15) is 14.9 Å². The molecule has 2 aromatic rings. The molecule has 1 heterocycles. The highest BCUT2D eigenvalue weighted by Gasteiger charge is 2.18. The predicted molar refractivity (Wildman–Crippen MR) is 72.1 cm³/mol. The fourth-order valence-electron chi connectivity index (χ4n) is 1.48. The molecule has 102 valence electrons. The number of rotatable bonds is 4. The number of nitrogens with zero attached hydrogens (tertiary/aromatic N) is 2. The first-order valence-electron chi connectivity index (χ1n) is 5.28. The highest BCUT2D eigenvalue weighted by atomic mass is 79.9. The van der Waals surface area contributed by atoms with E-state index < -0.39 is 10.9 Å². The molecule has 0 aliphatic heterocycles. The number of pyridine rings is 1. The molecule has 0 fully saturated rings. The summed E-state index contributed by atoms with van der Waals surface area (Å²) in [6.07, 6.45) is 2.55. The molecule has 0 saturated carbocycles. The molecule has 8 heteroatoms. The number of carboxylic acids is 1. The molecule has 1 aromatic carbocycles. The Morgan fingerprint density at radius 1 is 1.35 bits per heavy atom. The minimum absolute atomic E-state index is 0.00111. The molecular formula is C12H7BrN2O5. The van der Waals surface area contributed by atoms with Gasteiger partial charge in [-0.3, -0.25) is 15.1 Å². The maximum Gasteiger partial charge on any atom is 0.339 e. The molecule has 0 amide bonds. The van der Waals surface area contributed by atoms with Gasteiger partial charge in [0.05, 0.1) is 11.1 Å². The van der Waals surface area contributed by atoms with Crippen LogP contribution in [0.3, 0.4) is 0 Å². The summed E-state index contributed by atoms with van der Waals surface area (Å²) < 4.78 is 5.53. The predicted octanol–water partition coefficient (Wildman–Crippen LogP) is 3.24. The van der Waals surface area contributed by atoms with Gasteiger partial charge in [-0.2, -0.15) is 0 Å². The SMILES string of the molecule is O=C(O)c1ccncc1Oc1cccc([N+](=O)[O-])c1Br. The van der Waals surface area contributed by atoms with Crippen LogP contribution < -0.4 is 4.74 Å². The Labute approximate surface area is 121 Å². The van der Waals surface area contributed by atoms with Crippen molar-refractivity contribution in [1.29, 1.82) is 0 Å². The lowest BCUT2D eigenvalue weighted by molar-refractivity contribution is -0.385. The number of aromatic nitrogens is 1. The molecule has 0 aliphatic rings. The number of carboxylic acid groups (broad SMARTS) is 1. The topological polar surface area (TPSA) is 103 Å². The molecular weight excluding hydrogens is 332 g/mol. The lowest BCUT2D eigenvalue weighted by Gasteiger charge is -2.09. The van der Waals surface area contributed by atoms with Crippen molar-refractivity contribution in [3.05, 3.63) is 56.8 Å². The fourth-order valence-corrected chi connectivity index (χ4v) is 1.97. The molecule has 0 unspecified atom stereocenters. The molecule has 7 nitrogen and oxygen atoms in total. The van der Waals surface area contributed by atoms with Crippen molar-refractivity contribution in [2.45, 2.75) is 0 Å². The maximum absolute atomic E-state index is 11.0. The zero-order valence-electron chi connectivity index (χ0n) is 9.82. The summed E-state index contributed by atoms with van der Waals surface area (Å²) in [6, 6.07) is 5.51. The first-order valence-corrected chi connectivity index (χ1v) is 6.08. The summed E-state index contributed by atoms with van der Waals surface area (Å²) in [6.45, 7) is 0. The minimum Gasteiger partial charge on any atom is -0.478 e. The number of aromatic carboxylic acids is 1. The summed E-state index contributed by atoms with van der Waals surface area (Å²) in [7, 11) is 0. The molecule has 0 atom stereocenters. The third-order valence-corrected chi connectivity index (χ3v) is 3.17. The molecule has 0 radical (unpaired) electrons. The van der Waals surface area contributed by atoms with Gasteiger partial charge in [-0.25, -0.2) is 4.79 Å². The number of carbonyl (C=O) groups is 1. The smallest absolute Gasteiger partial charge is 0.339 e. The molecule has 20 heavy (non-hydrogen) atoms. The summed E-state index contributed by atoms with van der Waals surface area (Å²) in [5, 5.41) is 19.8. The van der Waals surface area contributed by atoms with Crippen LogP contribution in [0.1, 0.15) is 10.4 Å². The van der Waals surface area contributed by atoms with Crippen LogP contribution in [0.15, 0.2) is 41.1 Å². The van der Waals surface area contributed by atoms with Crippen molar-refractivity contribution in [2.75, 3.05) is 0 Å². The first-order chi connectivity index (χ1) is 9.50. The van der Waals surface area contributed by atoms with Gasteiger partial charge in [-0.15, -0.1) is 0 Å². The van der Waals surface area contributed by atoms with E-state index in [1.807, 2.05) is 0 Å². The average molecular weight is 339 g/mol. The van der Waals surface area contributed by atoms with Gasteiger partial charge in [0, 0.05) is 12.3 Å². The van der Waals surface area contributed by atoms with Crippen LogP contribution in [0.25, 0.3) is 0 Å². The highest BCUT2D eigenvalue weighted by molar-refractivity contribution is 9.10. The van der Waals surface area contributed by atoms with Crippen LogP contribution in [-0.4, -0.2) is 21.0 Å². The van der Waals surface area contributed by atoms with E-state index in [-0.39, 0.29) is 27.2 Å². The third-order valence-electron chi connectivity index (χ3n) is 2.37. The van der Waals surface area contributed by atoms with Gasteiger partial charge in [-0.1, -0.05) is 6.07 Å². The van der Waals surface area contributed by atoms with Gasteiger partial charge < -0.3 is 9.84 Å². The van der Waals surface area contributed by atoms with E-state index in [1.165, 1.54) is 36.7 Å². The fraction of sp³-hybridized carbons (Fsp3) is 0. The Balaban J connectivity index is 2.43. The van der Waals surface area contributed by atoms with Crippen LogP contribution in [0, 0.1) is 10.1 Å². The number of nitro groups is 1. The Morgan fingerprint density at radius 2 is 2.10 bits per heavy atom. The third kappa shape index (κ3) is 2.75. The van der Waals surface area contributed by atoms with Gasteiger partial charge in [0.2, 0.25) is 0 Å². The normalized spacial score (nSPS) is 10.1. The highest BCUT2D eigenvalue weighted by Crippen LogP contribution is 2.37. The molecule has 0 saturated heterocycles. The van der Waals surface area contributed by atoms with Crippen molar-refractivity contribution in [1.82, 2.24) is 4.98 Å². The summed E-state index contributed by atoms with van der Waals surface area (Å²) in [5.74, 6) is -1.04. The van der Waals surface area contributed by atoms with E-state index in [0.717, 1.165) is 0 Å². The molecule has 0 bridgehead atoms. The largest absolute Gasteiger partial charge is 0.478 e. The Kier molecular flexibility index (Phi) is 3.94. The summed E-state index contributed by atoms with van der Waals surface area (Å²) in [5.41, 5.74) is -0.262. The van der Waals surface area contributed by atoms with E-state index >= 15 is 0 Å². The second-order valence-electron chi connectivity index (χ2n) is 3.63. The Hall–Kier alpha value is -2.48. The maximum atomic E-state index is 11.0. The Morgan fingerprint density at radius 3 is 2.75 bits per heavy atom. The van der Waals surface area contributed by atoms with Gasteiger partial charge >= 0.3 is 5.97 Å². The van der Waals surface area contributed by atoms with Crippen LogP contribution in [-0.2, 0) is 0 Å². The molecule has 2 rings (SSSR count). The van der Waals surface area contributed by atoms with Crippen LogP contribution in [0.5, 0.6) is 11.5 Å². The standard InChI is InChI=1S/C12H7BrN2O5/c13-11-8(15(18)19)2-1-3-9(11)20-10-6-14-5-4-7(10)12(16)17/h1-6H,(H,16,17). The number of benzene rings is 1. The summed E-state index contributed by atoms with van der Waals surface area (Å²) >= 11 is 3.07. The zero-order valence-corrected chi connectivity index (χ0v) is 11.4. The molecule has 1 N–H and O–H groups in total. The molecule has 1 aromatic heterocycles. The van der Waals surface area contributed by atoms with Crippen molar-refractivity contribution >= 4 is 27.6 Å². The number of hydrogen-bond acceptors (Lipinski definition) is 5. The average Bonchev–Trinajstić information content (AvgIpc) is 2.41. The second-order valence-corrected chi connectivity index (χ2v) is 4.42. The minimum atomic E-state index is -1.18. The van der Waals surface area contributed by atoms with Crippen molar-refractivity contribution in [2.24, 2.45) is 0 Å². The quantitative estimate of drug-likeness (QED) is 0.678. The van der Waals surface area contributed by atoms with Crippen LogP contribution >= 0.6 is 15.9 Å². The number of nitro benzene ring substituents is 1. The second kappa shape index (κ2) is 5.66. The molecule has 0 spiro atoms. The van der Waals surface area contributed by atoms with Crippen molar-refractivity contribution in [3.63, 3.8) is 0 Å². The lowest BCUT2D eigenvalue weighted by Crippen LogP contribution is -2.01. The van der Waals surface area contributed by atoms with E-state index in [1.54, 1.807) is 0 Å². The van der Waals surface area contributed by atoms with E-state index in [0.29, 0.717) is 0 Å². The van der Waals surface area contributed by atoms with E-state index in [2.05, 4.69) is 20.9 Å². The first kappa shape index (κ1) is 13.9. The summed E-state index contributed by atoms with van der Waals surface area (Å²) in [4.78, 5) is 25.1. The van der Waals surface area contributed by atoms with Gasteiger partial charge in [0.15, 0.2) is 5.75 Å². The number of halogens is 1. The zero-order chi connectivity index (χ0) is 14.7. The van der Waals surface area contributed by atoms with Gasteiger partial charge in [0.1, 0.15) is 15.8 Å². The Bertz CT molecular complexity index is 689. The monoisotopic (exact) mass is 338 g/mol. The lowest BCUT2D eigenvalue weighted by atomic mass is 10.2. The van der Waals surface area contributed by atoms with Gasteiger partial charge in [0.25, 0.3) is 5.69 Å². The van der Waals surface area contributed by atoms with Crippen molar-refractivity contribution < 1.29 is 19.6 Å². The van der Waals surface area contributed by atoms with Crippen molar-refractivity contribution in [3.8, 4) is 11.5 Å². The van der Waals surface area contributed by atoms with Crippen LogP contribution in [0.4, 0.5) is 5.69 Å².